The highest BCUT2D eigenvalue weighted by Crippen LogP contribution is 2.52. The summed E-state index contributed by atoms with van der Waals surface area (Å²) in [5.74, 6) is 0.235. The molecule has 2 aliphatic heterocycles. The Hall–Kier alpha value is -4.33. The van der Waals surface area contributed by atoms with E-state index >= 15 is 0 Å². The van der Waals surface area contributed by atoms with Crippen LogP contribution in [0.2, 0.25) is 0 Å². The average molecular weight is 504 g/mol. The van der Waals surface area contributed by atoms with Gasteiger partial charge < -0.3 is 38.2 Å². The number of fused-ring (bicyclic) bond motifs is 1. The number of nitrogens with zero attached hydrogens (tertiary/aromatic N) is 3. The van der Waals surface area contributed by atoms with Gasteiger partial charge >= 0.3 is 5.97 Å². The molecule has 0 saturated carbocycles. The lowest BCUT2D eigenvalue weighted by Gasteiger charge is -2.19. The van der Waals surface area contributed by atoms with Gasteiger partial charge in [0, 0.05) is 30.0 Å². The third-order valence-electron chi connectivity index (χ3n) is 5.26. The first-order valence-corrected chi connectivity index (χ1v) is 10.9. The van der Waals surface area contributed by atoms with Crippen molar-refractivity contribution < 1.29 is 47.7 Å². The Labute approximate surface area is 204 Å². The molecule has 0 spiro atoms. The molecule has 14 nitrogen and oxygen atoms in total. The van der Waals surface area contributed by atoms with Gasteiger partial charge in [-0.05, 0) is 6.92 Å². The summed E-state index contributed by atoms with van der Waals surface area (Å²) in [5, 5.41) is 20.5. The summed E-state index contributed by atoms with van der Waals surface area (Å²) in [4.78, 5) is 29.8. The van der Waals surface area contributed by atoms with Crippen LogP contribution in [-0.4, -0.2) is 67.8 Å². The molecule has 2 aromatic rings. The average Bonchev–Trinajstić information content (AvgIpc) is 3.65. The molecule has 1 atom stereocenters. The number of aliphatic hydroxyl groups excluding tert-OH is 1. The van der Waals surface area contributed by atoms with E-state index in [9.17, 15) is 9.59 Å². The Morgan fingerprint density at radius 1 is 1.25 bits per heavy atom. The van der Waals surface area contributed by atoms with Crippen LogP contribution in [0.15, 0.2) is 20.8 Å². The summed E-state index contributed by atoms with van der Waals surface area (Å²) in [6.45, 7) is 1.48. The second-order valence-corrected chi connectivity index (χ2v) is 7.45. The number of carbonyl (C=O) groups is 2. The molecule has 1 amide bonds. The molecule has 2 N–H and O–H groups in total. The monoisotopic (exact) mass is 504 g/mol. The third kappa shape index (κ3) is 4.88. The number of benzene rings is 1. The van der Waals surface area contributed by atoms with E-state index in [1.807, 2.05) is 0 Å². The van der Waals surface area contributed by atoms with Gasteiger partial charge in [0.1, 0.15) is 12.7 Å². The number of hydrogen-bond acceptors (Lipinski definition) is 13. The molecule has 192 valence electrons. The first-order valence-electron chi connectivity index (χ1n) is 10.9. The van der Waals surface area contributed by atoms with E-state index < -0.39 is 24.6 Å². The topological polar surface area (TPSA) is 173 Å². The van der Waals surface area contributed by atoms with Crippen molar-refractivity contribution in [1.29, 1.82) is 0 Å². The molecule has 0 aliphatic carbocycles. The standard InChI is InChI=1S/C22H24N4O10/c1-4-32-22(29)16-6-11(35-26-16)5-13-14(8-23-24-21(28)15-7-12(9-27)36-25-15)18(31-3)20-19(17(13)30-2)33-10-34-20/h7-8,11,27H,4-6,9-10H2,1-3H3,(H,24,28). The number of ether oxygens (including phenoxy) is 5. The normalized spacial score (nSPS) is 16.0. The molecule has 1 aromatic heterocycles. The maximum Gasteiger partial charge on any atom is 0.356 e. The predicted molar refractivity (Wildman–Crippen MR) is 120 cm³/mol. The van der Waals surface area contributed by atoms with Gasteiger partial charge in [0.05, 0.1) is 27.0 Å². The van der Waals surface area contributed by atoms with E-state index in [0.717, 1.165) is 0 Å². The maximum absolute atomic E-state index is 12.3. The number of amides is 1. The van der Waals surface area contributed by atoms with Crippen molar-refractivity contribution in [1.82, 2.24) is 10.6 Å². The molecule has 36 heavy (non-hydrogen) atoms. The van der Waals surface area contributed by atoms with Gasteiger partial charge in [0.25, 0.3) is 5.91 Å². The first-order chi connectivity index (χ1) is 17.5. The van der Waals surface area contributed by atoms with Crippen LogP contribution in [0.3, 0.4) is 0 Å². The minimum Gasteiger partial charge on any atom is -0.492 e. The van der Waals surface area contributed by atoms with Gasteiger partial charge in [-0.25, -0.2) is 10.2 Å². The Morgan fingerprint density at radius 2 is 2.00 bits per heavy atom. The lowest BCUT2D eigenvalue weighted by molar-refractivity contribution is -0.135. The van der Waals surface area contributed by atoms with Crippen molar-refractivity contribution in [2.24, 2.45) is 10.3 Å². The van der Waals surface area contributed by atoms with Crippen LogP contribution in [0.25, 0.3) is 0 Å². The molecular formula is C22H24N4O10. The van der Waals surface area contributed by atoms with Crippen molar-refractivity contribution in [3.63, 3.8) is 0 Å². The third-order valence-corrected chi connectivity index (χ3v) is 5.26. The molecule has 0 bridgehead atoms. The van der Waals surface area contributed by atoms with Gasteiger partial charge in [-0.3, -0.25) is 4.79 Å². The van der Waals surface area contributed by atoms with E-state index in [0.29, 0.717) is 34.1 Å². The smallest absolute Gasteiger partial charge is 0.356 e. The van der Waals surface area contributed by atoms with Crippen LogP contribution < -0.4 is 24.4 Å². The quantitative estimate of drug-likeness (QED) is 0.268. The van der Waals surface area contributed by atoms with E-state index in [1.54, 1.807) is 6.92 Å². The number of hydrogen-bond donors (Lipinski definition) is 2. The van der Waals surface area contributed by atoms with E-state index in [-0.39, 0.29) is 43.4 Å². The zero-order valence-electron chi connectivity index (χ0n) is 19.7. The SMILES string of the molecule is CCOC(=O)C1=NOC(Cc2c(C=NNC(=O)c3cc(CO)on3)c(OC)c3c(c2OC)OCO3)C1. The van der Waals surface area contributed by atoms with E-state index in [2.05, 4.69) is 20.8 Å². The fraction of sp³-hybridized carbons (Fsp3) is 0.409. The second-order valence-electron chi connectivity index (χ2n) is 7.45. The van der Waals surface area contributed by atoms with Gasteiger partial charge in [0.15, 0.2) is 28.7 Å². The van der Waals surface area contributed by atoms with Crippen LogP contribution in [0.4, 0.5) is 0 Å². The molecular weight excluding hydrogens is 480 g/mol. The maximum atomic E-state index is 12.3. The minimum absolute atomic E-state index is 0.0474. The molecule has 1 aromatic carbocycles. The predicted octanol–water partition coefficient (Wildman–Crippen LogP) is 0.927. The number of hydrazone groups is 1. The van der Waals surface area contributed by atoms with Crippen molar-refractivity contribution in [3.05, 3.63) is 28.6 Å². The molecule has 0 saturated heterocycles. The van der Waals surface area contributed by atoms with Crippen LogP contribution >= 0.6 is 0 Å². The van der Waals surface area contributed by atoms with Crippen LogP contribution in [0.1, 0.15) is 40.7 Å². The van der Waals surface area contributed by atoms with Crippen LogP contribution in [0, 0.1) is 0 Å². The van der Waals surface area contributed by atoms with Crippen molar-refractivity contribution in [2.75, 3.05) is 27.6 Å². The summed E-state index contributed by atoms with van der Waals surface area (Å²) in [6, 6.07) is 1.29. The fourth-order valence-electron chi connectivity index (χ4n) is 3.70. The van der Waals surface area contributed by atoms with Crippen molar-refractivity contribution in [3.8, 4) is 23.0 Å². The Balaban J connectivity index is 1.63. The van der Waals surface area contributed by atoms with Crippen molar-refractivity contribution >= 4 is 23.8 Å². The largest absolute Gasteiger partial charge is 0.492 e. The first kappa shape index (κ1) is 24.8. The Kier molecular flexibility index (Phi) is 7.53. The van der Waals surface area contributed by atoms with Crippen LogP contribution in [0.5, 0.6) is 23.0 Å². The highest BCUT2D eigenvalue weighted by atomic mass is 16.7. The molecule has 0 fully saturated rings. The number of nitrogens with one attached hydrogen (secondary N) is 1. The summed E-state index contributed by atoms with van der Waals surface area (Å²) in [6.07, 6.45) is 1.27. The zero-order chi connectivity index (χ0) is 25.7. The molecule has 4 rings (SSSR count). The van der Waals surface area contributed by atoms with Crippen molar-refractivity contribution in [2.45, 2.75) is 32.5 Å². The number of rotatable bonds is 10. The Morgan fingerprint density at radius 3 is 2.67 bits per heavy atom. The number of esters is 1. The summed E-state index contributed by atoms with van der Waals surface area (Å²) < 4.78 is 32.2. The number of aliphatic hydroxyl groups is 1. The molecule has 0 radical (unpaired) electrons. The number of methoxy groups -OCH3 is 2. The van der Waals surface area contributed by atoms with Crippen LogP contribution in [-0.2, 0) is 27.4 Å². The van der Waals surface area contributed by atoms with E-state index in [4.69, 9.17) is 38.2 Å². The van der Waals surface area contributed by atoms with Gasteiger partial charge in [-0.15, -0.1) is 0 Å². The lowest BCUT2D eigenvalue weighted by atomic mass is 9.96. The highest BCUT2D eigenvalue weighted by molar-refractivity contribution is 6.36. The highest BCUT2D eigenvalue weighted by Gasteiger charge is 2.34. The fourth-order valence-corrected chi connectivity index (χ4v) is 3.70. The van der Waals surface area contributed by atoms with E-state index in [1.165, 1.54) is 26.5 Å². The molecule has 2 aliphatic rings. The van der Waals surface area contributed by atoms with Gasteiger partial charge in [-0.2, -0.15) is 5.10 Å². The number of carbonyl (C=O) groups excluding carboxylic acids is 2. The summed E-state index contributed by atoms with van der Waals surface area (Å²) >= 11 is 0. The molecule has 1 unspecified atom stereocenters. The summed E-state index contributed by atoms with van der Waals surface area (Å²) in [5.41, 5.74) is 3.43. The molecule has 14 heteroatoms. The zero-order valence-corrected chi connectivity index (χ0v) is 19.7. The minimum atomic E-state index is -0.658. The lowest BCUT2D eigenvalue weighted by Crippen LogP contribution is -2.20. The second kappa shape index (κ2) is 10.9. The van der Waals surface area contributed by atoms with Gasteiger partial charge in [-0.1, -0.05) is 10.3 Å². The number of oxime groups is 1. The Bertz CT molecular complexity index is 1210. The van der Waals surface area contributed by atoms with Gasteiger partial charge in [0.2, 0.25) is 18.3 Å². The molecule has 3 heterocycles. The number of aromatic nitrogens is 1. The summed E-state index contributed by atoms with van der Waals surface area (Å²) in [7, 11) is 2.92.